The number of hydrogen-bond acceptors (Lipinski definition) is 6. The van der Waals surface area contributed by atoms with Gasteiger partial charge in [0.25, 0.3) is 0 Å². The van der Waals surface area contributed by atoms with E-state index in [9.17, 15) is 18.3 Å². The lowest BCUT2D eigenvalue weighted by Gasteiger charge is -2.26. The Balaban J connectivity index is 1.93. The van der Waals surface area contributed by atoms with Crippen LogP contribution in [-0.4, -0.2) is 31.3 Å². The molecule has 4 aromatic rings. The molecule has 35 heavy (non-hydrogen) atoms. The lowest BCUT2D eigenvalue weighted by atomic mass is 9.83. The van der Waals surface area contributed by atoms with Gasteiger partial charge in [-0.2, -0.15) is 0 Å². The summed E-state index contributed by atoms with van der Waals surface area (Å²) in [5, 5.41) is 13.3. The number of nitrogens with zero attached hydrogens (tertiary/aromatic N) is 2. The minimum Gasteiger partial charge on any atom is -0.858 e. The Kier molecular flexibility index (Phi) is 6.06. The summed E-state index contributed by atoms with van der Waals surface area (Å²) in [4.78, 5) is 16.0. The van der Waals surface area contributed by atoms with E-state index < -0.39 is 21.6 Å². The van der Waals surface area contributed by atoms with E-state index in [-0.39, 0.29) is 5.41 Å². The van der Waals surface area contributed by atoms with Crippen LogP contribution in [0.15, 0.2) is 65.6 Å². The second-order valence-electron chi connectivity index (χ2n) is 9.39. The van der Waals surface area contributed by atoms with Gasteiger partial charge in [-0.15, -0.1) is 0 Å². The molecule has 0 atom stereocenters. The molecule has 182 valence electrons. The number of anilines is 1. The average Bonchev–Trinajstić information content (AvgIpc) is 2.76. The number of nitrogens with one attached hydrogen (secondary N) is 1. The molecule has 0 aliphatic heterocycles. The predicted molar refractivity (Wildman–Crippen MR) is 136 cm³/mol. The summed E-state index contributed by atoms with van der Waals surface area (Å²) >= 11 is 0. The molecule has 0 saturated heterocycles. The Morgan fingerprint density at radius 3 is 2.31 bits per heavy atom. The van der Waals surface area contributed by atoms with Crippen molar-refractivity contribution >= 4 is 26.5 Å². The smallest absolute Gasteiger partial charge is 0.351 e. The van der Waals surface area contributed by atoms with Crippen molar-refractivity contribution in [3.63, 3.8) is 0 Å². The van der Waals surface area contributed by atoms with Gasteiger partial charge in [-0.1, -0.05) is 39.0 Å². The van der Waals surface area contributed by atoms with Gasteiger partial charge < -0.3 is 9.84 Å². The van der Waals surface area contributed by atoms with Gasteiger partial charge in [0.15, 0.2) is 0 Å². The summed E-state index contributed by atoms with van der Waals surface area (Å²) in [7, 11) is -1.77. The van der Waals surface area contributed by atoms with Crippen LogP contribution >= 0.6 is 0 Å². The molecule has 0 spiro atoms. The van der Waals surface area contributed by atoms with Gasteiger partial charge in [-0.05, 0) is 64.0 Å². The van der Waals surface area contributed by atoms with Crippen molar-refractivity contribution in [3.05, 3.63) is 76.8 Å². The van der Waals surface area contributed by atoms with Crippen molar-refractivity contribution in [2.24, 2.45) is 0 Å². The molecule has 0 saturated carbocycles. The summed E-state index contributed by atoms with van der Waals surface area (Å²) in [6.45, 7) is 6.16. The third-order valence-electron chi connectivity index (χ3n) is 5.60. The van der Waals surface area contributed by atoms with Crippen LogP contribution in [0.4, 0.5) is 5.69 Å². The van der Waals surface area contributed by atoms with Crippen LogP contribution in [0.25, 0.3) is 27.6 Å². The number of hydrogen-bond donors (Lipinski definition) is 1. The first-order valence-electron chi connectivity index (χ1n) is 10.9. The van der Waals surface area contributed by atoms with E-state index in [1.807, 2.05) is 36.4 Å². The summed E-state index contributed by atoms with van der Waals surface area (Å²) in [5.74, 6) is 0.0905. The molecule has 3 aromatic carbocycles. The minimum atomic E-state index is -3.38. The maximum Gasteiger partial charge on any atom is 0.351 e. The summed E-state index contributed by atoms with van der Waals surface area (Å²) in [6, 6.07) is 16.1. The highest BCUT2D eigenvalue weighted by atomic mass is 32.2. The number of aromatic nitrogens is 2. The minimum absolute atomic E-state index is 0.311. The zero-order valence-electron chi connectivity index (χ0n) is 20.1. The van der Waals surface area contributed by atoms with E-state index in [2.05, 4.69) is 30.5 Å². The fourth-order valence-corrected chi connectivity index (χ4v) is 4.57. The molecule has 9 heteroatoms. The zero-order valence-corrected chi connectivity index (χ0v) is 20.9. The molecular weight excluding hydrogens is 466 g/mol. The highest BCUT2D eigenvalue weighted by Gasteiger charge is 2.24. The molecule has 1 heterocycles. The maximum atomic E-state index is 12.5. The molecule has 8 nitrogen and oxygen atoms in total. The van der Waals surface area contributed by atoms with Crippen LogP contribution < -0.4 is 20.3 Å². The largest absolute Gasteiger partial charge is 0.858 e. The van der Waals surface area contributed by atoms with Crippen molar-refractivity contribution in [1.29, 1.82) is 0 Å². The first-order chi connectivity index (χ1) is 16.4. The number of rotatable bonds is 5. The van der Waals surface area contributed by atoms with E-state index in [1.165, 1.54) is 16.8 Å². The van der Waals surface area contributed by atoms with Crippen LogP contribution in [-0.2, 0) is 15.4 Å². The Morgan fingerprint density at radius 1 is 1.00 bits per heavy atom. The van der Waals surface area contributed by atoms with Gasteiger partial charge in [0, 0.05) is 23.0 Å². The molecule has 4 rings (SSSR count). The van der Waals surface area contributed by atoms with Crippen molar-refractivity contribution in [2.75, 3.05) is 18.1 Å². The third-order valence-corrected chi connectivity index (χ3v) is 6.20. The fourth-order valence-electron chi connectivity index (χ4n) is 4.02. The second kappa shape index (κ2) is 8.74. The molecule has 1 aromatic heterocycles. The monoisotopic (exact) mass is 492 g/mol. The quantitative estimate of drug-likeness (QED) is 0.453. The maximum absolute atomic E-state index is 12.5. The molecule has 0 unspecified atom stereocenters. The van der Waals surface area contributed by atoms with Crippen molar-refractivity contribution in [3.8, 4) is 28.4 Å². The standard InChI is InChI=1S/C26H27N3O5S/c1-26(2,3)22-15-20(29-11-10-23(30)27-25(29)31)14-21(24(22)34-4)18-7-6-17-13-19(28-35(5,32)33)9-8-16(17)12-18/h6-15,28H,1-5H3,(H,27,30,31)/p-1. The number of ether oxygens (including phenoxy) is 1. The summed E-state index contributed by atoms with van der Waals surface area (Å²) in [5.41, 5.74) is 2.60. The molecule has 0 bridgehead atoms. The zero-order chi connectivity index (χ0) is 25.5. The van der Waals surface area contributed by atoms with E-state index in [1.54, 1.807) is 19.2 Å². The van der Waals surface area contributed by atoms with E-state index in [4.69, 9.17) is 4.74 Å². The molecule has 0 aliphatic carbocycles. The summed E-state index contributed by atoms with van der Waals surface area (Å²) < 4.78 is 32.8. The van der Waals surface area contributed by atoms with Crippen LogP contribution in [0.5, 0.6) is 11.6 Å². The van der Waals surface area contributed by atoms with Gasteiger partial charge in [0.05, 0.1) is 19.1 Å². The van der Waals surface area contributed by atoms with Gasteiger partial charge >= 0.3 is 5.69 Å². The molecule has 0 amide bonds. The van der Waals surface area contributed by atoms with E-state index >= 15 is 0 Å². The normalized spacial score (nSPS) is 12.0. The molecule has 1 N–H and O–H groups in total. The first-order valence-corrected chi connectivity index (χ1v) is 12.8. The van der Waals surface area contributed by atoms with Gasteiger partial charge in [-0.25, -0.2) is 18.2 Å². The highest BCUT2D eigenvalue weighted by molar-refractivity contribution is 7.92. The average molecular weight is 493 g/mol. The van der Waals surface area contributed by atoms with Crippen molar-refractivity contribution in [1.82, 2.24) is 9.55 Å². The molecule has 0 fully saturated rings. The fraction of sp³-hybridized carbons (Fsp3) is 0.231. The second-order valence-corrected chi connectivity index (χ2v) is 11.1. The van der Waals surface area contributed by atoms with Crippen LogP contribution in [0.1, 0.15) is 26.3 Å². The SMILES string of the molecule is COc1c(-c2ccc3cc(NS(C)(=O)=O)ccc3c2)cc(-n2ccc([O-])nc2=O)cc1C(C)(C)C. The molecule has 0 radical (unpaired) electrons. The first kappa shape index (κ1) is 24.3. The topological polar surface area (TPSA) is 113 Å². The number of fused-ring (bicyclic) bond motifs is 1. The Hall–Kier alpha value is -3.85. The lowest BCUT2D eigenvalue weighted by Crippen LogP contribution is -2.23. The number of methoxy groups -OCH3 is 1. The molecule has 0 aliphatic rings. The van der Waals surface area contributed by atoms with Gasteiger partial charge in [0.2, 0.25) is 10.0 Å². The van der Waals surface area contributed by atoms with E-state index in [0.29, 0.717) is 17.1 Å². The van der Waals surface area contributed by atoms with Crippen molar-refractivity contribution < 1.29 is 18.3 Å². The van der Waals surface area contributed by atoms with Gasteiger partial charge in [-0.3, -0.25) is 9.29 Å². The number of sulfonamides is 1. The predicted octanol–water partition coefficient (Wildman–Crippen LogP) is 3.80. The third kappa shape index (κ3) is 5.14. The van der Waals surface area contributed by atoms with Crippen LogP contribution in [0.3, 0.4) is 0 Å². The number of benzene rings is 3. The Bertz CT molecular complexity index is 1600. The Morgan fingerprint density at radius 2 is 1.69 bits per heavy atom. The lowest BCUT2D eigenvalue weighted by molar-refractivity contribution is -0.275. The highest BCUT2D eigenvalue weighted by Crippen LogP contribution is 2.41. The van der Waals surface area contributed by atoms with Gasteiger partial charge in [0.1, 0.15) is 5.75 Å². The molecular formula is C26H26N3O5S-. The van der Waals surface area contributed by atoms with Crippen LogP contribution in [0.2, 0.25) is 0 Å². The summed E-state index contributed by atoms with van der Waals surface area (Å²) in [6.07, 6.45) is 2.53. The van der Waals surface area contributed by atoms with Crippen molar-refractivity contribution in [2.45, 2.75) is 26.2 Å². The van der Waals surface area contributed by atoms with E-state index in [0.717, 1.165) is 33.7 Å². The Labute approximate surface area is 203 Å². The van der Waals surface area contributed by atoms with Crippen LogP contribution in [0, 0.1) is 0 Å².